The van der Waals surface area contributed by atoms with Crippen molar-refractivity contribution in [1.29, 1.82) is 5.26 Å². The lowest BCUT2D eigenvalue weighted by atomic mass is 10.1. The van der Waals surface area contributed by atoms with Crippen LogP contribution in [0.4, 0.5) is 10.1 Å². The molecule has 0 unspecified atom stereocenters. The zero-order chi connectivity index (χ0) is 10.0. The molecule has 0 bridgehead atoms. The van der Waals surface area contributed by atoms with Gasteiger partial charge in [-0.2, -0.15) is 5.26 Å². The lowest BCUT2D eigenvalue weighted by Crippen LogP contribution is -1.98. The Bertz CT molecular complexity index is 402. The van der Waals surface area contributed by atoms with E-state index in [9.17, 15) is 4.39 Å². The zero-order valence-electron chi connectivity index (χ0n) is 6.44. The summed E-state index contributed by atoms with van der Waals surface area (Å²) in [5, 5.41) is 8.60. The third-order valence-electron chi connectivity index (χ3n) is 1.52. The highest BCUT2D eigenvalue weighted by molar-refractivity contribution is 9.10. The SMILES string of the molecule is C#Cc1cc(C#N)c(Br)c(F)c1N. The summed E-state index contributed by atoms with van der Waals surface area (Å²) in [5.41, 5.74) is 5.57. The van der Waals surface area contributed by atoms with Gasteiger partial charge in [-0.15, -0.1) is 6.42 Å². The lowest BCUT2D eigenvalue weighted by molar-refractivity contribution is 0.625. The monoisotopic (exact) mass is 238 g/mol. The third-order valence-corrected chi connectivity index (χ3v) is 2.30. The predicted octanol–water partition coefficient (Wildman–Crippen LogP) is 2.02. The fourth-order valence-electron chi connectivity index (χ4n) is 0.841. The van der Waals surface area contributed by atoms with Crippen LogP contribution in [0.15, 0.2) is 10.5 Å². The first-order valence-electron chi connectivity index (χ1n) is 3.26. The van der Waals surface area contributed by atoms with Crippen LogP contribution in [0.25, 0.3) is 0 Å². The molecule has 0 spiro atoms. The second-order valence-corrected chi connectivity index (χ2v) is 3.06. The maximum atomic E-state index is 13.2. The molecule has 1 aromatic carbocycles. The summed E-state index contributed by atoms with van der Waals surface area (Å²) in [6, 6.07) is 3.16. The Morgan fingerprint density at radius 2 is 2.15 bits per heavy atom. The number of halogens is 2. The van der Waals surface area contributed by atoms with E-state index in [0.29, 0.717) is 0 Å². The highest BCUT2D eigenvalue weighted by Crippen LogP contribution is 2.27. The summed E-state index contributed by atoms with van der Waals surface area (Å²) < 4.78 is 13.3. The quantitative estimate of drug-likeness (QED) is 0.556. The Balaban J connectivity index is 3.60. The Morgan fingerprint density at radius 3 is 2.62 bits per heavy atom. The summed E-state index contributed by atoms with van der Waals surface area (Å²) in [6.45, 7) is 0. The number of anilines is 1. The predicted molar refractivity (Wildman–Crippen MR) is 51.2 cm³/mol. The minimum atomic E-state index is -0.688. The smallest absolute Gasteiger partial charge is 0.162 e. The van der Waals surface area contributed by atoms with Crippen LogP contribution in [0.5, 0.6) is 0 Å². The van der Waals surface area contributed by atoms with Crippen LogP contribution in [0.3, 0.4) is 0 Å². The maximum absolute atomic E-state index is 13.2. The van der Waals surface area contributed by atoms with E-state index in [1.165, 1.54) is 6.07 Å². The van der Waals surface area contributed by atoms with Crippen LogP contribution >= 0.6 is 15.9 Å². The first-order valence-corrected chi connectivity index (χ1v) is 4.05. The van der Waals surface area contributed by atoms with Gasteiger partial charge in [0, 0.05) is 0 Å². The fraction of sp³-hybridized carbons (Fsp3) is 0. The maximum Gasteiger partial charge on any atom is 0.162 e. The number of nitriles is 1. The zero-order valence-corrected chi connectivity index (χ0v) is 8.02. The Morgan fingerprint density at radius 1 is 1.54 bits per heavy atom. The first-order chi connectivity index (χ1) is 6.11. The number of hydrogen-bond acceptors (Lipinski definition) is 2. The molecule has 0 aromatic heterocycles. The van der Waals surface area contributed by atoms with Gasteiger partial charge in [0.15, 0.2) is 5.82 Å². The van der Waals surface area contributed by atoms with Gasteiger partial charge in [-0.05, 0) is 22.0 Å². The standard InChI is InChI=1S/C9H4BrFN2/c1-2-5-3-6(4-12)7(10)8(11)9(5)13/h1,3H,13H2. The molecule has 2 nitrogen and oxygen atoms in total. The lowest BCUT2D eigenvalue weighted by Gasteiger charge is -2.03. The Hall–Kier alpha value is -1.52. The number of nitrogens with two attached hydrogens (primary N) is 1. The molecule has 0 aliphatic heterocycles. The molecule has 1 aromatic rings. The molecule has 0 saturated carbocycles. The molecule has 2 N–H and O–H groups in total. The van der Waals surface area contributed by atoms with E-state index in [-0.39, 0.29) is 21.3 Å². The Labute approximate surface area is 83.3 Å². The molecule has 4 heteroatoms. The van der Waals surface area contributed by atoms with Gasteiger partial charge in [-0.25, -0.2) is 4.39 Å². The molecule has 64 valence electrons. The van der Waals surface area contributed by atoms with Crippen molar-refractivity contribution in [3.63, 3.8) is 0 Å². The van der Waals surface area contributed by atoms with E-state index >= 15 is 0 Å². The van der Waals surface area contributed by atoms with E-state index < -0.39 is 5.82 Å². The molecule has 1 rings (SSSR count). The van der Waals surface area contributed by atoms with E-state index in [2.05, 4.69) is 21.9 Å². The minimum absolute atomic E-state index is 0.0477. The molecular weight excluding hydrogens is 235 g/mol. The van der Waals surface area contributed by atoms with Crippen molar-refractivity contribution in [2.45, 2.75) is 0 Å². The van der Waals surface area contributed by atoms with E-state index in [1.807, 2.05) is 0 Å². The number of hydrogen-bond donors (Lipinski definition) is 1. The van der Waals surface area contributed by atoms with E-state index in [0.717, 1.165) is 0 Å². The van der Waals surface area contributed by atoms with E-state index in [4.69, 9.17) is 17.4 Å². The van der Waals surface area contributed by atoms with Crippen molar-refractivity contribution >= 4 is 21.6 Å². The van der Waals surface area contributed by atoms with Gasteiger partial charge in [0.05, 0.1) is 21.3 Å². The second-order valence-electron chi connectivity index (χ2n) is 2.27. The number of rotatable bonds is 0. The Kier molecular flexibility index (Phi) is 2.55. The second kappa shape index (κ2) is 3.47. The average molecular weight is 239 g/mol. The highest BCUT2D eigenvalue weighted by atomic mass is 79.9. The van der Waals surface area contributed by atoms with Gasteiger partial charge in [0.25, 0.3) is 0 Å². The van der Waals surface area contributed by atoms with Gasteiger partial charge >= 0.3 is 0 Å². The van der Waals surface area contributed by atoms with Crippen molar-refractivity contribution in [3.8, 4) is 18.4 Å². The third kappa shape index (κ3) is 1.49. The molecular formula is C9H4BrFN2. The summed E-state index contributed by atoms with van der Waals surface area (Å²) in [7, 11) is 0. The van der Waals surface area contributed by atoms with Crippen molar-refractivity contribution in [2.75, 3.05) is 5.73 Å². The van der Waals surface area contributed by atoms with Crippen LogP contribution in [0.1, 0.15) is 11.1 Å². The highest BCUT2D eigenvalue weighted by Gasteiger charge is 2.12. The molecule has 0 aliphatic carbocycles. The van der Waals surface area contributed by atoms with Crippen LogP contribution in [0, 0.1) is 29.5 Å². The average Bonchev–Trinajstić information content (AvgIpc) is 2.15. The fourth-order valence-corrected chi connectivity index (χ4v) is 1.26. The van der Waals surface area contributed by atoms with Crippen molar-refractivity contribution in [2.24, 2.45) is 0 Å². The summed E-state index contributed by atoms with van der Waals surface area (Å²) in [5.74, 6) is 1.51. The minimum Gasteiger partial charge on any atom is -0.395 e. The largest absolute Gasteiger partial charge is 0.395 e. The summed E-state index contributed by atoms with van der Waals surface area (Å²) >= 11 is 2.91. The molecule has 0 aliphatic rings. The van der Waals surface area contributed by atoms with Gasteiger partial charge in [-0.3, -0.25) is 0 Å². The van der Waals surface area contributed by atoms with E-state index in [1.54, 1.807) is 6.07 Å². The van der Waals surface area contributed by atoms with Crippen LogP contribution in [-0.2, 0) is 0 Å². The molecule has 0 heterocycles. The summed E-state index contributed by atoms with van der Waals surface area (Å²) in [6.07, 6.45) is 5.07. The van der Waals surface area contributed by atoms with Gasteiger partial charge in [0.2, 0.25) is 0 Å². The van der Waals surface area contributed by atoms with Gasteiger partial charge < -0.3 is 5.73 Å². The van der Waals surface area contributed by atoms with Crippen molar-refractivity contribution in [3.05, 3.63) is 27.5 Å². The normalized spacial score (nSPS) is 8.92. The molecule has 0 amide bonds. The molecule has 13 heavy (non-hydrogen) atoms. The number of nitrogens with zero attached hydrogens (tertiary/aromatic N) is 1. The van der Waals surface area contributed by atoms with Crippen LogP contribution < -0.4 is 5.73 Å². The molecule has 0 radical (unpaired) electrons. The number of benzene rings is 1. The molecule has 0 fully saturated rings. The van der Waals surface area contributed by atoms with Crippen LogP contribution in [-0.4, -0.2) is 0 Å². The van der Waals surface area contributed by atoms with Gasteiger partial charge in [0.1, 0.15) is 6.07 Å². The van der Waals surface area contributed by atoms with Gasteiger partial charge in [-0.1, -0.05) is 5.92 Å². The number of terminal acetylenes is 1. The number of nitrogen functional groups attached to an aromatic ring is 1. The van der Waals surface area contributed by atoms with Crippen molar-refractivity contribution < 1.29 is 4.39 Å². The molecule has 0 saturated heterocycles. The molecule has 0 atom stereocenters. The van der Waals surface area contributed by atoms with Crippen LogP contribution in [0.2, 0.25) is 0 Å². The summed E-state index contributed by atoms with van der Waals surface area (Å²) in [4.78, 5) is 0. The first kappa shape index (κ1) is 9.57. The topological polar surface area (TPSA) is 49.8 Å². The van der Waals surface area contributed by atoms with Crippen molar-refractivity contribution in [1.82, 2.24) is 0 Å².